The molecule has 3 aliphatic heterocycles. The predicted octanol–water partition coefficient (Wildman–Crippen LogP) is 3.85. The monoisotopic (exact) mass is 370 g/mol. The molecule has 136 valence electrons. The van der Waals surface area contributed by atoms with Crippen molar-refractivity contribution in [2.75, 3.05) is 31.1 Å². The van der Waals surface area contributed by atoms with Crippen LogP contribution < -0.4 is 9.64 Å². The number of amides is 1. The third-order valence-corrected chi connectivity index (χ3v) is 5.68. The molecule has 0 aliphatic carbocycles. The average molecular weight is 371 g/mol. The number of hydrogen-bond acceptors (Lipinski definition) is 3. The summed E-state index contributed by atoms with van der Waals surface area (Å²) in [6.45, 7) is 3.28. The number of hydrogen-bond donors (Lipinski definition) is 0. The van der Waals surface area contributed by atoms with Gasteiger partial charge in [-0.25, -0.2) is 0 Å². The Morgan fingerprint density at radius 1 is 1.08 bits per heavy atom. The Hall–Kier alpha value is -2.04. The number of nitrogens with zero attached hydrogens (tertiary/aromatic N) is 2. The zero-order valence-electron chi connectivity index (χ0n) is 14.7. The number of ether oxygens (including phenoxy) is 1. The van der Waals surface area contributed by atoms with Crippen LogP contribution in [0.15, 0.2) is 54.6 Å². The molecule has 0 spiro atoms. The molecule has 1 amide bonds. The van der Waals surface area contributed by atoms with Gasteiger partial charge in [0, 0.05) is 17.3 Å². The molecule has 0 radical (unpaired) electrons. The van der Waals surface area contributed by atoms with E-state index in [0.29, 0.717) is 16.7 Å². The minimum absolute atomic E-state index is 0.00454. The van der Waals surface area contributed by atoms with Gasteiger partial charge in [0.15, 0.2) is 6.61 Å². The number of halogens is 1. The number of para-hydroxylation sites is 1. The fourth-order valence-corrected chi connectivity index (χ4v) is 4.21. The molecule has 3 aliphatic rings. The Labute approximate surface area is 159 Å². The summed E-state index contributed by atoms with van der Waals surface area (Å²) >= 11 is 5.91. The molecule has 0 saturated carbocycles. The van der Waals surface area contributed by atoms with Crippen molar-refractivity contribution < 1.29 is 9.53 Å². The van der Waals surface area contributed by atoms with Gasteiger partial charge in [0.25, 0.3) is 5.91 Å². The topological polar surface area (TPSA) is 32.8 Å². The quantitative estimate of drug-likeness (QED) is 0.801. The molecule has 0 aromatic heterocycles. The van der Waals surface area contributed by atoms with E-state index in [0.717, 1.165) is 25.3 Å². The molecule has 26 heavy (non-hydrogen) atoms. The first-order valence-electron chi connectivity index (χ1n) is 9.18. The molecular formula is C21H23ClN2O2. The van der Waals surface area contributed by atoms with Gasteiger partial charge in [0.05, 0.1) is 6.04 Å². The summed E-state index contributed by atoms with van der Waals surface area (Å²) in [5.41, 5.74) is 0.955. The van der Waals surface area contributed by atoms with Crippen molar-refractivity contribution in [3.8, 4) is 5.75 Å². The van der Waals surface area contributed by atoms with Crippen molar-refractivity contribution >= 4 is 23.2 Å². The molecule has 3 saturated heterocycles. The highest BCUT2D eigenvalue weighted by Crippen LogP contribution is 2.33. The molecule has 1 atom stereocenters. The highest BCUT2D eigenvalue weighted by Gasteiger charge is 2.39. The number of carbonyl (C=O) groups excluding carboxylic acids is 1. The molecule has 5 heteroatoms. The van der Waals surface area contributed by atoms with Crippen molar-refractivity contribution in [2.45, 2.75) is 18.9 Å². The number of carbonyl (C=O) groups is 1. The van der Waals surface area contributed by atoms with Crippen LogP contribution in [0.25, 0.3) is 0 Å². The van der Waals surface area contributed by atoms with Gasteiger partial charge >= 0.3 is 0 Å². The van der Waals surface area contributed by atoms with Gasteiger partial charge in [-0.2, -0.15) is 0 Å². The first-order chi connectivity index (χ1) is 12.7. The number of benzene rings is 2. The molecule has 2 aromatic rings. The van der Waals surface area contributed by atoms with Gasteiger partial charge in [-0.15, -0.1) is 0 Å². The van der Waals surface area contributed by atoms with E-state index in [-0.39, 0.29) is 18.6 Å². The van der Waals surface area contributed by atoms with E-state index in [1.165, 1.54) is 12.8 Å². The minimum Gasteiger partial charge on any atom is -0.484 e. The van der Waals surface area contributed by atoms with Crippen LogP contribution in [-0.2, 0) is 4.79 Å². The summed E-state index contributed by atoms with van der Waals surface area (Å²) in [6.07, 6.45) is 2.33. The maximum Gasteiger partial charge on any atom is 0.265 e. The third-order valence-electron chi connectivity index (χ3n) is 5.43. The van der Waals surface area contributed by atoms with Crippen LogP contribution in [0.5, 0.6) is 5.75 Å². The van der Waals surface area contributed by atoms with Crippen LogP contribution in [0.4, 0.5) is 5.69 Å². The maximum atomic E-state index is 13.1. The molecule has 0 N–H and O–H groups in total. The van der Waals surface area contributed by atoms with Crippen LogP contribution in [-0.4, -0.2) is 43.1 Å². The number of fused-ring (bicyclic) bond motifs is 3. The first kappa shape index (κ1) is 17.4. The van der Waals surface area contributed by atoms with Crippen LogP contribution >= 0.6 is 11.6 Å². The lowest BCUT2D eigenvalue weighted by molar-refractivity contribution is -0.122. The maximum absolute atomic E-state index is 13.1. The average Bonchev–Trinajstić information content (AvgIpc) is 2.70. The van der Waals surface area contributed by atoms with Crippen molar-refractivity contribution in [1.29, 1.82) is 0 Å². The zero-order valence-corrected chi connectivity index (χ0v) is 15.4. The minimum atomic E-state index is 0.00454. The lowest BCUT2D eigenvalue weighted by Crippen LogP contribution is -2.59. The van der Waals surface area contributed by atoms with E-state index in [4.69, 9.17) is 16.3 Å². The van der Waals surface area contributed by atoms with Crippen molar-refractivity contribution in [1.82, 2.24) is 4.90 Å². The normalized spacial score (nSPS) is 24.3. The molecule has 5 rings (SSSR count). The van der Waals surface area contributed by atoms with Crippen molar-refractivity contribution in [2.24, 2.45) is 5.92 Å². The van der Waals surface area contributed by atoms with Gasteiger partial charge in [0.2, 0.25) is 0 Å². The third kappa shape index (κ3) is 3.71. The Bertz CT molecular complexity index is 742. The Morgan fingerprint density at radius 2 is 1.77 bits per heavy atom. The number of anilines is 1. The molecule has 4 nitrogen and oxygen atoms in total. The smallest absolute Gasteiger partial charge is 0.265 e. The highest BCUT2D eigenvalue weighted by atomic mass is 35.5. The summed E-state index contributed by atoms with van der Waals surface area (Å²) in [5.74, 6) is 1.23. The van der Waals surface area contributed by atoms with Crippen LogP contribution in [0.1, 0.15) is 12.8 Å². The number of rotatable bonds is 5. The van der Waals surface area contributed by atoms with Gasteiger partial charge in [-0.05, 0) is 68.2 Å². The van der Waals surface area contributed by atoms with Gasteiger partial charge in [-0.1, -0.05) is 29.8 Å². The lowest BCUT2D eigenvalue weighted by Gasteiger charge is -2.49. The van der Waals surface area contributed by atoms with Crippen LogP contribution in [0.2, 0.25) is 5.02 Å². The van der Waals surface area contributed by atoms with E-state index in [1.54, 1.807) is 24.3 Å². The second-order valence-corrected chi connectivity index (χ2v) is 7.48. The second-order valence-electron chi connectivity index (χ2n) is 7.05. The number of piperidine rings is 3. The fourth-order valence-electron chi connectivity index (χ4n) is 4.08. The van der Waals surface area contributed by atoms with E-state index < -0.39 is 0 Å². The van der Waals surface area contributed by atoms with Crippen LogP contribution in [0, 0.1) is 5.92 Å². The summed E-state index contributed by atoms with van der Waals surface area (Å²) in [6, 6.07) is 17.3. The molecule has 1 unspecified atom stereocenters. The predicted molar refractivity (Wildman–Crippen MR) is 104 cm³/mol. The van der Waals surface area contributed by atoms with E-state index >= 15 is 0 Å². The highest BCUT2D eigenvalue weighted by molar-refractivity contribution is 6.30. The van der Waals surface area contributed by atoms with Crippen molar-refractivity contribution in [3.63, 3.8) is 0 Å². The van der Waals surface area contributed by atoms with Gasteiger partial charge in [0.1, 0.15) is 5.75 Å². The van der Waals surface area contributed by atoms with Gasteiger partial charge in [-0.3, -0.25) is 4.79 Å². The first-order valence-corrected chi connectivity index (χ1v) is 9.56. The molecule has 2 aromatic carbocycles. The molecule has 3 fully saturated rings. The molecule has 2 bridgehead atoms. The second kappa shape index (κ2) is 7.68. The summed E-state index contributed by atoms with van der Waals surface area (Å²) < 4.78 is 5.73. The Morgan fingerprint density at radius 3 is 2.38 bits per heavy atom. The van der Waals surface area contributed by atoms with E-state index in [1.807, 2.05) is 35.2 Å². The Kier molecular flexibility index (Phi) is 5.14. The fraction of sp³-hybridized carbons (Fsp3) is 0.381. The van der Waals surface area contributed by atoms with E-state index in [2.05, 4.69) is 4.90 Å². The van der Waals surface area contributed by atoms with E-state index in [9.17, 15) is 4.79 Å². The zero-order chi connectivity index (χ0) is 17.9. The largest absolute Gasteiger partial charge is 0.484 e. The van der Waals surface area contributed by atoms with Gasteiger partial charge < -0.3 is 14.5 Å². The Balaban J connectivity index is 1.52. The van der Waals surface area contributed by atoms with Crippen molar-refractivity contribution in [3.05, 3.63) is 59.6 Å². The summed E-state index contributed by atoms with van der Waals surface area (Å²) in [4.78, 5) is 17.5. The van der Waals surface area contributed by atoms with Crippen LogP contribution in [0.3, 0.4) is 0 Å². The molecular weight excluding hydrogens is 348 g/mol. The summed E-state index contributed by atoms with van der Waals surface area (Å²) in [5, 5.41) is 0.655. The SMILES string of the molecule is O=C(COc1ccc(Cl)cc1)N(c1ccccc1)C1CN2CCC1CC2. The molecule has 3 heterocycles. The lowest BCUT2D eigenvalue weighted by atomic mass is 9.83. The standard InChI is InChI=1S/C21H23ClN2O2/c22-17-6-8-19(9-7-17)26-15-21(25)24(18-4-2-1-3-5-18)20-14-23-12-10-16(20)11-13-23/h1-9,16,20H,10-15H2. The summed E-state index contributed by atoms with van der Waals surface area (Å²) in [7, 11) is 0.